The van der Waals surface area contributed by atoms with Crippen molar-refractivity contribution >= 4 is 5.78 Å². The molecule has 0 spiro atoms. The van der Waals surface area contributed by atoms with E-state index in [1.54, 1.807) is 12.1 Å². The highest BCUT2D eigenvalue weighted by atomic mass is 19.4. The predicted octanol–water partition coefficient (Wildman–Crippen LogP) is 10.0. The maximum Gasteiger partial charge on any atom is 0.573 e. The maximum absolute atomic E-state index is 13.3. The number of hydrogen-bond donors (Lipinski definition) is 0. The minimum absolute atomic E-state index is 0.0281. The Kier molecular flexibility index (Phi) is 8.45. The quantitative estimate of drug-likeness (QED) is 0.316. The Bertz CT molecular complexity index is 1030. The lowest BCUT2D eigenvalue weighted by molar-refractivity contribution is -0.274. The van der Waals surface area contributed by atoms with E-state index in [9.17, 15) is 18.0 Å². The van der Waals surface area contributed by atoms with Gasteiger partial charge >= 0.3 is 6.36 Å². The number of carbonyl (C=O) groups excluding carboxylic acids is 1. The van der Waals surface area contributed by atoms with Crippen molar-refractivity contribution in [3.05, 3.63) is 29.8 Å². The van der Waals surface area contributed by atoms with Gasteiger partial charge in [0.2, 0.25) is 0 Å². The van der Waals surface area contributed by atoms with E-state index in [2.05, 4.69) is 39.4 Å². The second-order valence-electron chi connectivity index (χ2n) is 15.1. The summed E-state index contributed by atoms with van der Waals surface area (Å²) < 4.78 is 41.9. The summed E-state index contributed by atoms with van der Waals surface area (Å²) in [5, 5.41) is 0. The number of carbonyl (C=O) groups is 1. The Morgan fingerprint density at radius 2 is 1.55 bits per heavy atom. The third kappa shape index (κ3) is 5.74. The first-order valence-corrected chi connectivity index (χ1v) is 16.2. The van der Waals surface area contributed by atoms with Crippen molar-refractivity contribution in [1.82, 2.24) is 0 Å². The molecule has 4 aliphatic rings. The van der Waals surface area contributed by atoms with Crippen LogP contribution in [0.15, 0.2) is 24.3 Å². The summed E-state index contributed by atoms with van der Waals surface area (Å²) in [6.45, 7) is 12.3. The van der Waals surface area contributed by atoms with E-state index < -0.39 is 6.36 Å². The second-order valence-corrected chi connectivity index (χ2v) is 15.1. The molecule has 4 saturated carbocycles. The lowest BCUT2D eigenvalue weighted by atomic mass is 9.43. The van der Waals surface area contributed by atoms with Crippen LogP contribution in [-0.4, -0.2) is 12.1 Å². The Morgan fingerprint density at radius 3 is 2.23 bits per heavy atom. The molecule has 2 nitrogen and oxygen atoms in total. The molecule has 224 valence electrons. The van der Waals surface area contributed by atoms with Gasteiger partial charge in [0, 0.05) is 12.3 Å². The summed E-state index contributed by atoms with van der Waals surface area (Å²) in [4.78, 5) is 13.3. The minimum Gasteiger partial charge on any atom is -0.406 e. The first kappa shape index (κ1) is 30.0. The fourth-order valence-electron chi connectivity index (χ4n) is 10.7. The molecule has 9 atom stereocenters. The molecule has 5 heteroatoms. The zero-order valence-electron chi connectivity index (χ0n) is 25.4. The molecule has 0 heterocycles. The van der Waals surface area contributed by atoms with E-state index >= 15 is 0 Å². The predicted molar refractivity (Wildman–Crippen MR) is 154 cm³/mol. The lowest BCUT2D eigenvalue weighted by Gasteiger charge is -2.62. The van der Waals surface area contributed by atoms with Crippen LogP contribution >= 0.6 is 0 Å². The van der Waals surface area contributed by atoms with Crippen LogP contribution in [0.3, 0.4) is 0 Å². The van der Waals surface area contributed by atoms with E-state index in [-0.39, 0.29) is 17.1 Å². The van der Waals surface area contributed by atoms with E-state index in [4.69, 9.17) is 0 Å². The zero-order chi connectivity index (χ0) is 28.9. The molecule has 0 radical (unpaired) electrons. The molecule has 0 aromatic heterocycles. The normalized spacial score (nSPS) is 38.5. The summed E-state index contributed by atoms with van der Waals surface area (Å²) in [5.41, 5.74) is 1.58. The van der Waals surface area contributed by atoms with Crippen LogP contribution in [0.1, 0.15) is 111 Å². The van der Waals surface area contributed by atoms with Crippen LogP contribution in [-0.2, 0) is 11.2 Å². The summed E-state index contributed by atoms with van der Waals surface area (Å²) in [7, 11) is 0. The number of fused-ring (bicyclic) bond motifs is 5. The smallest absolute Gasteiger partial charge is 0.406 e. The molecule has 0 amide bonds. The van der Waals surface area contributed by atoms with Crippen molar-refractivity contribution in [2.24, 2.45) is 58.2 Å². The van der Waals surface area contributed by atoms with Gasteiger partial charge in [-0.25, -0.2) is 0 Å². The molecule has 0 aliphatic heterocycles. The summed E-state index contributed by atoms with van der Waals surface area (Å²) >= 11 is 0. The molecule has 1 aromatic carbocycles. The third-order valence-corrected chi connectivity index (χ3v) is 12.6. The lowest BCUT2D eigenvalue weighted by Crippen LogP contribution is -2.56. The molecule has 1 aromatic rings. The molecule has 4 aliphatic carbocycles. The van der Waals surface area contributed by atoms with Gasteiger partial charge in [0.1, 0.15) is 11.5 Å². The van der Waals surface area contributed by atoms with Crippen molar-refractivity contribution in [2.75, 3.05) is 0 Å². The first-order valence-electron chi connectivity index (χ1n) is 16.2. The zero-order valence-corrected chi connectivity index (χ0v) is 25.4. The van der Waals surface area contributed by atoms with Crippen molar-refractivity contribution in [3.63, 3.8) is 0 Å². The van der Waals surface area contributed by atoms with Gasteiger partial charge in [0.15, 0.2) is 0 Å². The summed E-state index contributed by atoms with van der Waals surface area (Å²) in [6.07, 6.45) is 9.40. The van der Waals surface area contributed by atoms with Gasteiger partial charge in [-0.1, -0.05) is 66.0 Å². The highest BCUT2D eigenvalue weighted by Gasteiger charge is 2.61. The van der Waals surface area contributed by atoms with Gasteiger partial charge in [-0.05, 0) is 121 Å². The molecule has 0 saturated heterocycles. The number of rotatable bonds is 8. The van der Waals surface area contributed by atoms with Crippen molar-refractivity contribution in [1.29, 1.82) is 0 Å². The topological polar surface area (TPSA) is 26.3 Å². The van der Waals surface area contributed by atoms with E-state index in [1.165, 1.54) is 63.5 Å². The Balaban J connectivity index is 1.28. The maximum atomic E-state index is 13.3. The van der Waals surface area contributed by atoms with Gasteiger partial charge in [0.25, 0.3) is 0 Å². The number of ether oxygens (including phenoxy) is 1. The molecule has 4 fully saturated rings. The number of ketones is 1. The van der Waals surface area contributed by atoms with E-state index in [0.717, 1.165) is 48.0 Å². The monoisotopic (exact) mass is 560 g/mol. The minimum atomic E-state index is -4.69. The fraction of sp³-hybridized carbons (Fsp3) is 0.800. The number of alkyl halides is 3. The molecular weight excluding hydrogens is 509 g/mol. The number of benzene rings is 1. The fourth-order valence-corrected chi connectivity index (χ4v) is 10.7. The summed E-state index contributed by atoms with van der Waals surface area (Å²) in [5.74, 6) is 5.23. The van der Waals surface area contributed by atoms with Crippen molar-refractivity contribution in [2.45, 2.75) is 118 Å². The summed E-state index contributed by atoms with van der Waals surface area (Å²) in [6, 6.07) is 6.18. The average molecular weight is 561 g/mol. The standard InChI is InChI=1S/C35H51F3O2/c1-22(2)7-6-8-23(3)28-15-16-29-26-13-14-30-27(21-24-9-11-25(12-10-24)40-35(36,37)38)32(39)18-20-34(30,5)31(26)17-19-33(28,29)4/h9-12,22-23,26-31H,6-8,13-21H2,1-5H3/t23-,26+,27+,28-,29+,30?,31+,33-,34+/m1/s1. The highest BCUT2D eigenvalue weighted by Crippen LogP contribution is 2.68. The SMILES string of the molecule is CC(C)CCC[C@@H](C)[C@H]1CC[C@H]2[C@@H]3CCC4[C@H](Cc5ccc(OC(F)(F)F)cc5)C(=O)CC[C@]4(C)[C@H]3CC[C@]12C. The molecule has 0 bridgehead atoms. The van der Waals surface area contributed by atoms with E-state index in [0.29, 0.717) is 35.9 Å². The molecule has 1 unspecified atom stereocenters. The molecule has 5 rings (SSSR count). The van der Waals surface area contributed by atoms with Gasteiger partial charge in [0.05, 0.1) is 0 Å². The van der Waals surface area contributed by atoms with Crippen molar-refractivity contribution in [3.8, 4) is 5.75 Å². The second kappa shape index (κ2) is 11.3. The van der Waals surface area contributed by atoms with Crippen LogP contribution in [0.5, 0.6) is 5.75 Å². The van der Waals surface area contributed by atoms with Gasteiger partial charge < -0.3 is 4.74 Å². The Hall–Kier alpha value is -1.52. The molecule has 40 heavy (non-hydrogen) atoms. The van der Waals surface area contributed by atoms with Crippen LogP contribution < -0.4 is 4.74 Å². The first-order chi connectivity index (χ1) is 18.8. The third-order valence-electron chi connectivity index (χ3n) is 12.6. The van der Waals surface area contributed by atoms with Crippen LogP contribution in [0, 0.1) is 58.2 Å². The Morgan fingerprint density at radius 1 is 0.875 bits per heavy atom. The number of hydrogen-bond acceptors (Lipinski definition) is 2. The average Bonchev–Trinajstić information content (AvgIpc) is 3.23. The van der Waals surface area contributed by atoms with Crippen molar-refractivity contribution < 1.29 is 22.7 Å². The molecular formula is C35H51F3O2. The van der Waals surface area contributed by atoms with E-state index in [1.807, 2.05) is 0 Å². The number of halogens is 3. The Labute approximate surface area is 240 Å². The molecule has 0 N–H and O–H groups in total. The van der Waals surface area contributed by atoms with Crippen LogP contribution in [0.2, 0.25) is 0 Å². The van der Waals surface area contributed by atoms with Gasteiger partial charge in [-0.2, -0.15) is 0 Å². The van der Waals surface area contributed by atoms with Gasteiger partial charge in [-0.15, -0.1) is 13.2 Å². The van der Waals surface area contributed by atoms with Gasteiger partial charge in [-0.3, -0.25) is 4.79 Å². The van der Waals surface area contributed by atoms with Crippen LogP contribution in [0.25, 0.3) is 0 Å². The highest BCUT2D eigenvalue weighted by molar-refractivity contribution is 5.82. The number of Topliss-reactive ketones (excluding diaryl/α,β-unsaturated/α-hetero) is 1. The van der Waals surface area contributed by atoms with Crippen LogP contribution in [0.4, 0.5) is 13.2 Å². The largest absolute Gasteiger partial charge is 0.573 e.